The van der Waals surface area contributed by atoms with Gasteiger partial charge in [0, 0.05) is 6.61 Å². The van der Waals surface area contributed by atoms with Crippen LogP contribution in [-0.2, 0) is 4.74 Å². The van der Waals surface area contributed by atoms with E-state index in [0.717, 1.165) is 32.3 Å². The number of unbranched alkanes of at least 4 members (excludes halogenated alkanes) is 19. The molecule has 0 aliphatic rings. The average Bonchev–Trinajstić information content (AvgIpc) is 2.96. The first kappa shape index (κ1) is 38.9. The molecule has 0 fully saturated rings. The molecule has 2 N–H and O–H groups in total. The average molecular weight is 558 g/mol. The van der Waals surface area contributed by atoms with Crippen LogP contribution in [0.1, 0.15) is 181 Å². The van der Waals surface area contributed by atoms with Crippen LogP contribution in [-0.4, -0.2) is 12.8 Å². The number of ether oxygens (including phenoxy) is 1. The van der Waals surface area contributed by atoms with Crippen molar-refractivity contribution < 1.29 is 4.74 Å². The van der Waals surface area contributed by atoms with Gasteiger partial charge in [-0.05, 0) is 83.5 Å². The largest absolute Gasteiger partial charge is 0.364 e. The van der Waals surface area contributed by atoms with Crippen LogP contribution in [0.5, 0.6) is 0 Å². The van der Waals surface area contributed by atoms with Gasteiger partial charge in [-0.2, -0.15) is 0 Å². The highest BCUT2D eigenvalue weighted by Crippen LogP contribution is 2.12. The highest BCUT2D eigenvalue weighted by Gasteiger charge is 2.02. The first-order valence-electron chi connectivity index (χ1n) is 17.8. The molecule has 0 spiro atoms. The molecule has 0 aromatic carbocycles. The molecule has 0 heterocycles. The molecule has 2 heteroatoms. The number of rotatable bonds is 32. The van der Waals surface area contributed by atoms with Gasteiger partial charge in [-0.25, -0.2) is 0 Å². The standard InChI is InChI=1S/C38H71NO/c1-3-5-7-9-11-13-15-17-19-21-22-24-26-28-30-32-34-36-38(39)40-37-35-33-31-29-27-25-23-20-18-16-14-12-10-8-6-4-2/h11-14,17-20,38H,3-10,15-16,21-37,39H2,1-2H3/b13-11-,14-12-,19-17-,20-18-. The lowest BCUT2D eigenvalue weighted by molar-refractivity contribution is 0.0475. The van der Waals surface area contributed by atoms with Crippen molar-refractivity contribution in [2.45, 2.75) is 187 Å². The van der Waals surface area contributed by atoms with Crippen LogP contribution in [0.2, 0.25) is 0 Å². The SMILES string of the molecule is CCCCC/C=C\C/C=C\CCCCCCCCCC(N)OCCCCCCCC/C=C\C/C=C\CCCCC. The third kappa shape index (κ3) is 34.9. The van der Waals surface area contributed by atoms with Gasteiger partial charge in [-0.1, -0.05) is 146 Å². The van der Waals surface area contributed by atoms with E-state index in [1.54, 1.807) is 0 Å². The van der Waals surface area contributed by atoms with E-state index in [1.807, 2.05) is 0 Å². The molecule has 0 radical (unpaired) electrons. The first-order chi connectivity index (χ1) is 19.8. The summed E-state index contributed by atoms with van der Waals surface area (Å²) in [4.78, 5) is 0. The third-order valence-corrected chi connectivity index (χ3v) is 7.62. The molecule has 2 nitrogen and oxygen atoms in total. The van der Waals surface area contributed by atoms with Crippen LogP contribution >= 0.6 is 0 Å². The monoisotopic (exact) mass is 558 g/mol. The zero-order chi connectivity index (χ0) is 29.0. The van der Waals surface area contributed by atoms with E-state index < -0.39 is 0 Å². The Balaban J connectivity index is 3.27. The predicted molar refractivity (Wildman–Crippen MR) is 182 cm³/mol. The lowest BCUT2D eigenvalue weighted by Gasteiger charge is -2.12. The zero-order valence-electron chi connectivity index (χ0n) is 27.3. The Bertz CT molecular complexity index is 526. The molecule has 0 amide bonds. The van der Waals surface area contributed by atoms with Crippen LogP contribution in [0.25, 0.3) is 0 Å². The molecule has 234 valence electrons. The van der Waals surface area contributed by atoms with Crippen molar-refractivity contribution in [2.24, 2.45) is 5.73 Å². The molecule has 0 aromatic heterocycles. The molecule has 0 aromatic rings. The highest BCUT2D eigenvalue weighted by atomic mass is 16.5. The summed E-state index contributed by atoms with van der Waals surface area (Å²) in [5, 5.41) is 0. The van der Waals surface area contributed by atoms with Gasteiger partial charge in [-0.15, -0.1) is 0 Å². The summed E-state index contributed by atoms with van der Waals surface area (Å²) in [7, 11) is 0. The number of hydrogen-bond acceptors (Lipinski definition) is 2. The van der Waals surface area contributed by atoms with Gasteiger partial charge >= 0.3 is 0 Å². The summed E-state index contributed by atoms with van der Waals surface area (Å²) in [5.74, 6) is 0. The summed E-state index contributed by atoms with van der Waals surface area (Å²) in [6.07, 6.45) is 52.0. The lowest BCUT2D eigenvalue weighted by atomic mass is 10.1. The Morgan fingerprint density at radius 3 is 1.20 bits per heavy atom. The van der Waals surface area contributed by atoms with E-state index in [2.05, 4.69) is 62.5 Å². The molecule has 0 aliphatic carbocycles. The number of nitrogens with two attached hydrogens (primary N) is 1. The second-order valence-electron chi connectivity index (χ2n) is 11.7. The zero-order valence-corrected chi connectivity index (χ0v) is 27.3. The van der Waals surface area contributed by atoms with E-state index in [0.29, 0.717) is 0 Å². The topological polar surface area (TPSA) is 35.2 Å². The van der Waals surface area contributed by atoms with E-state index in [-0.39, 0.29) is 6.23 Å². The van der Waals surface area contributed by atoms with E-state index in [4.69, 9.17) is 10.5 Å². The minimum atomic E-state index is -0.0593. The fourth-order valence-electron chi connectivity index (χ4n) is 4.92. The first-order valence-corrected chi connectivity index (χ1v) is 17.8. The molecule has 0 aliphatic heterocycles. The molecule has 0 bridgehead atoms. The molecule has 1 unspecified atom stereocenters. The third-order valence-electron chi connectivity index (χ3n) is 7.62. The predicted octanol–water partition coefficient (Wildman–Crippen LogP) is 12.7. The fourth-order valence-corrected chi connectivity index (χ4v) is 4.92. The van der Waals surface area contributed by atoms with Gasteiger partial charge in [0.2, 0.25) is 0 Å². The van der Waals surface area contributed by atoms with Crippen molar-refractivity contribution in [2.75, 3.05) is 6.61 Å². The molecule has 40 heavy (non-hydrogen) atoms. The summed E-state index contributed by atoms with van der Waals surface area (Å²) >= 11 is 0. The smallest absolute Gasteiger partial charge is 0.105 e. The van der Waals surface area contributed by atoms with Gasteiger partial charge in [0.05, 0.1) is 0 Å². The Morgan fingerprint density at radius 2 is 0.775 bits per heavy atom. The van der Waals surface area contributed by atoms with Crippen molar-refractivity contribution in [1.82, 2.24) is 0 Å². The summed E-state index contributed by atoms with van der Waals surface area (Å²) in [5.41, 5.74) is 6.16. The molecular formula is C38H71NO. The van der Waals surface area contributed by atoms with Crippen molar-refractivity contribution in [3.8, 4) is 0 Å². The van der Waals surface area contributed by atoms with Crippen molar-refractivity contribution >= 4 is 0 Å². The summed E-state index contributed by atoms with van der Waals surface area (Å²) in [6, 6.07) is 0. The van der Waals surface area contributed by atoms with Crippen LogP contribution in [0.4, 0.5) is 0 Å². The van der Waals surface area contributed by atoms with Crippen molar-refractivity contribution in [3.05, 3.63) is 48.6 Å². The maximum atomic E-state index is 6.16. The van der Waals surface area contributed by atoms with E-state index >= 15 is 0 Å². The van der Waals surface area contributed by atoms with Crippen LogP contribution in [0, 0.1) is 0 Å². The maximum Gasteiger partial charge on any atom is 0.105 e. The minimum Gasteiger partial charge on any atom is -0.364 e. The molecule has 0 saturated carbocycles. The van der Waals surface area contributed by atoms with Crippen LogP contribution < -0.4 is 5.73 Å². The fraction of sp³-hybridized carbons (Fsp3) is 0.789. The Labute approximate surface area is 252 Å². The van der Waals surface area contributed by atoms with Gasteiger partial charge in [0.1, 0.15) is 6.23 Å². The normalized spacial score (nSPS) is 13.2. The van der Waals surface area contributed by atoms with Gasteiger partial charge < -0.3 is 10.5 Å². The molecule has 0 rings (SSSR count). The lowest BCUT2D eigenvalue weighted by Crippen LogP contribution is -2.24. The van der Waals surface area contributed by atoms with Crippen molar-refractivity contribution in [1.29, 1.82) is 0 Å². The Hall–Kier alpha value is -1.12. The van der Waals surface area contributed by atoms with Crippen molar-refractivity contribution in [3.63, 3.8) is 0 Å². The second kappa shape index (κ2) is 35.9. The maximum absolute atomic E-state index is 6.16. The van der Waals surface area contributed by atoms with Crippen LogP contribution in [0.15, 0.2) is 48.6 Å². The van der Waals surface area contributed by atoms with Crippen LogP contribution in [0.3, 0.4) is 0 Å². The Kier molecular flexibility index (Phi) is 34.9. The van der Waals surface area contributed by atoms with E-state index in [9.17, 15) is 0 Å². The number of allylic oxidation sites excluding steroid dienone is 8. The summed E-state index contributed by atoms with van der Waals surface area (Å²) in [6.45, 7) is 5.36. The minimum absolute atomic E-state index is 0.0593. The second-order valence-corrected chi connectivity index (χ2v) is 11.7. The summed E-state index contributed by atoms with van der Waals surface area (Å²) < 4.78 is 5.84. The Morgan fingerprint density at radius 1 is 0.425 bits per heavy atom. The molecule has 1 atom stereocenters. The van der Waals surface area contributed by atoms with Gasteiger partial charge in [0.15, 0.2) is 0 Å². The highest BCUT2D eigenvalue weighted by molar-refractivity contribution is 4.93. The van der Waals surface area contributed by atoms with Gasteiger partial charge in [0.25, 0.3) is 0 Å². The van der Waals surface area contributed by atoms with Gasteiger partial charge in [-0.3, -0.25) is 0 Å². The quantitative estimate of drug-likeness (QED) is 0.0507. The molecular weight excluding hydrogens is 486 g/mol. The number of hydrogen-bond donors (Lipinski definition) is 1. The van der Waals surface area contributed by atoms with E-state index in [1.165, 1.54) is 141 Å². The molecule has 0 saturated heterocycles.